The minimum absolute atomic E-state index is 0.0181. The third-order valence-electron chi connectivity index (χ3n) is 2.84. The zero-order valence-electron chi connectivity index (χ0n) is 9.91. The van der Waals surface area contributed by atoms with Gasteiger partial charge in [0.25, 0.3) is 0 Å². The van der Waals surface area contributed by atoms with Crippen molar-refractivity contribution in [3.05, 3.63) is 0 Å². The van der Waals surface area contributed by atoms with Crippen LogP contribution in [0.5, 0.6) is 0 Å². The van der Waals surface area contributed by atoms with E-state index in [0.717, 1.165) is 19.4 Å². The maximum Gasteiger partial charge on any atom is 0.307 e. The number of methoxy groups -OCH3 is 1. The van der Waals surface area contributed by atoms with Gasteiger partial charge in [0.05, 0.1) is 19.6 Å². The summed E-state index contributed by atoms with van der Waals surface area (Å²) in [6.07, 6.45) is 2.21. The second kappa shape index (κ2) is 6.48. The van der Waals surface area contributed by atoms with Crippen LogP contribution in [0.25, 0.3) is 0 Å². The summed E-state index contributed by atoms with van der Waals surface area (Å²) >= 11 is 0. The Kier molecular flexibility index (Phi) is 5.25. The molecule has 1 aliphatic heterocycles. The van der Waals surface area contributed by atoms with Gasteiger partial charge in [-0.1, -0.05) is 6.92 Å². The average molecular weight is 228 g/mol. The SMILES string of the molecule is COC(=O)CCNC(=O)C1CC(C)CCN1. The Labute approximate surface area is 95.9 Å². The topological polar surface area (TPSA) is 67.4 Å². The second-order valence-corrected chi connectivity index (χ2v) is 4.25. The van der Waals surface area contributed by atoms with Gasteiger partial charge in [0, 0.05) is 6.54 Å². The van der Waals surface area contributed by atoms with E-state index in [1.165, 1.54) is 7.11 Å². The summed E-state index contributed by atoms with van der Waals surface area (Å²) < 4.78 is 4.49. The van der Waals surface area contributed by atoms with Crippen molar-refractivity contribution in [3.8, 4) is 0 Å². The summed E-state index contributed by atoms with van der Waals surface area (Å²) in [5, 5.41) is 5.91. The molecule has 1 heterocycles. The van der Waals surface area contributed by atoms with E-state index in [2.05, 4.69) is 22.3 Å². The van der Waals surface area contributed by atoms with Crippen LogP contribution in [0.2, 0.25) is 0 Å². The summed E-state index contributed by atoms with van der Waals surface area (Å²) in [7, 11) is 1.34. The van der Waals surface area contributed by atoms with Crippen molar-refractivity contribution in [2.75, 3.05) is 20.2 Å². The van der Waals surface area contributed by atoms with E-state index in [1.54, 1.807) is 0 Å². The van der Waals surface area contributed by atoms with Crippen LogP contribution in [-0.2, 0) is 14.3 Å². The Morgan fingerprint density at radius 3 is 2.88 bits per heavy atom. The molecule has 0 spiro atoms. The Morgan fingerprint density at radius 2 is 2.25 bits per heavy atom. The molecule has 1 amide bonds. The van der Waals surface area contributed by atoms with E-state index < -0.39 is 0 Å². The molecule has 1 aliphatic rings. The summed E-state index contributed by atoms with van der Waals surface area (Å²) in [5.41, 5.74) is 0. The first-order valence-electron chi connectivity index (χ1n) is 5.71. The molecule has 0 aliphatic carbocycles. The number of hydrogen-bond donors (Lipinski definition) is 2. The van der Waals surface area contributed by atoms with E-state index in [4.69, 9.17) is 0 Å². The fourth-order valence-electron chi connectivity index (χ4n) is 1.82. The molecule has 1 fully saturated rings. The molecular formula is C11H20N2O3. The van der Waals surface area contributed by atoms with Gasteiger partial charge < -0.3 is 15.4 Å². The van der Waals surface area contributed by atoms with Crippen LogP contribution in [0.4, 0.5) is 0 Å². The number of amides is 1. The van der Waals surface area contributed by atoms with Gasteiger partial charge in [-0.3, -0.25) is 9.59 Å². The Balaban J connectivity index is 2.21. The minimum Gasteiger partial charge on any atom is -0.469 e. The monoisotopic (exact) mass is 228 g/mol. The van der Waals surface area contributed by atoms with E-state index in [0.29, 0.717) is 12.5 Å². The quantitative estimate of drug-likeness (QED) is 0.667. The van der Waals surface area contributed by atoms with Crippen molar-refractivity contribution in [1.29, 1.82) is 0 Å². The van der Waals surface area contributed by atoms with Crippen molar-refractivity contribution in [2.45, 2.75) is 32.2 Å². The van der Waals surface area contributed by atoms with E-state index in [-0.39, 0.29) is 24.3 Å². The van der Waals surface area contributed by atoms with Crippen LogP contribution in [0.1, 0.15) is 26.2 Å². The van der Waals surface area contributed by atoms with Crippen LogP contribution in [0, 0.1) is 5.92 Å². The highest BCUT2D eigenvalue weighted by molar-refractivity contribution is 5.82. The van der Waals surface area contributed by atoms with Gasteiger partial charge in [-0.2, -0.15) is 0 Å². The van der Waals surface area contributed by atoms with Gasteiger partial charge in [-0.15, -0.1) is 0 Å². The van der Waals surface area contributed by atoms with Gasteiger partial charge >= 0.3 is 5.97 Å². The molecule has 0 aromatic rings. The predicted molar refractivity (Wildman–Crippen MR) is 59.8 cm³/mol. The number of hydrogen-bond acceptors (Lipinski definition) is 4. The minimum atomic E-state index is -0.301. The molecule has 2 N–H and O–H groups in total. The number of nitrogens with one attached hydrogen (secondary N) is 2. The molecule has 1 rings (SSSR count). The number of piperidine rings is 1. The van der Waals surface area contributed by atoms with Gasteiger partial charge in [-0.25, -0.2) is 0 Å². The van der Waals surface area contributed by atoms with Gasteiger partial charge in [-0.05, 0) is 25.3 Å². The molecule has 0 saturated carbocycles. The molecule has 5 heteroatoms. The first kappa shape index (κ1) is 13.0. The zero-order chi connectivity index (χ0) is 12.0. The van der Waals surface area contributed by atoms with Gasteiger partial charge in [0.1, 0.15) is 0 Å². The fraction of sp³-hybridized carbons (Fsp3) is 0.818. The number of ether oxygens (including phenoxy) is 1. The highest BCUT2D eigenvalue weighted by Crippen LogP contribution is 2.14. The summed E-state index contributed by atoms with van der Waals surface area (Å²) in [5.74, 6) is 0.262. The number of carbonyl (C=O) groups excluding carboxylic acids is 2. The Bertz CT molecular complexity index is 256. The summed E-state index contributed by atoms with van der Waals surface area (Å²) in [4.78, 5) is 22.5. The lowest BCUT2D eigenvalue weighted by molar-refractivity contribution is -0.140. The van der Waals surface area contributed by atoms with E-state index >= 15 is 0 Å². The smallest absolute Gasteiger partial charge is 0.307 e. The molecule has 0 aromatic heterocycles. The van der Waals surface area contributed by atoms with Crippen LogP contribution in [0.3, 0.4) is 0 Å². The predicted octanol–water partition coefficient (Wildman–Crippen LogP) is 0.0538. The number of esters is 1. The largest absolute Gasteiger partial charge is 0.469 e. The molecule has 16 heavy (non-hydrogen) atoms. The zero-order valence-corrected chi connectivity index (χ0v) is 9.91. The molecule has 2 unspecified atom stereocenters. The highest BCUT2D eigenvalue weighted by Gasteiger charge is 2.24. The van der Waals surface area contributed by atoms with Crippen molar-refractivity contribution in [1.82, 2.24) is 10.6 Å². The van der Waals surface area contributed by atoms with Crippen molar-refractivity contribution in [2.24, 2.45) is 5.92 Å². The molecule has 1 saturated heterocycles. The summed E-state index contributed by atoms with van der Waals surface area (Å²) in [6, 6.07) is -0.110. The van der Waals surface area contributed by atoms with Crippen LogP contribution in [-0.4, -0.2) is 38.1 Å². The average Bonchev–Trinajstić information content (AvgIpc) is 2.28. The first-order valence-corrected chi connectivity index (χ1v) is 5.71. The summed E-state index contributed by atoms with van der Waals surface area (Å²) in [6.45, 7) is 3.38. The van der Waals surface area contributed by atoms with E-state index in [9.17, 15) is 9.59 Å². The third kappa shape index (κ3) is 4.18. The molecule has 0 radical (unpaired) electrons. The standard InChI is InChI=1S/C11H20N2O3/c1-8-3-5-12-9(7-8)11(15)13-6-4-10(14)16-2/h8-9,12H,3-7H2,1-2H3,(H,13,15). The first-order chi connectivity index (χ1) is 7.63. The molecular weight excluding hydrogens is 208 g/mol. The molecule has 2 atom stereocenters. The maximum atomic E-state index is 11.7. The van der Waals surface area contributed by atoms with Crippen molar-refractivity contribution >= 4 is 11.9 Å². The molecule has 5 nitrogen and oxygen atoms in total. The Hall–Kier alpha value is -1.10. The third-order valence-corrected chi connectivity index (χ3v) is 2.84. The van der Waals surface area contributed by atoms with E-state index in [1.807, 2.05) is 0 Å². The normalized spacial score (nSPS) is 24.9. The molecule has 92 valence electrons. The van der Waals surface area contributed by atoms with Crippen LogP contribution in [0.15, 0.2) is 0 Å². The van der Waals surface area contributed by atoms with Crippen molar-refractivity contribution < 1.29 is 14.3 Å². The molecule has 0 aromatic carbocycles. The Morgan fingerprint density at radius 1 is 1.50 bits per heavy atom. The number of rotatable bonds is 4. The maximum absolute atomic E-state index is 11.7. The van der Waals surface area contributed by atoms with Crippen LogP contribution >= 0.6 is 0 Å². The lowest BCUT2D eigenvalue weighted by Gasteiger charge is -2.27. The highest BCUT2D eigenvalue weighted by atomic mass is 16.5. The number of carbonyl (C=O) groups is 2. The van der Waals surface area contributed by atoms with Gasteiger partial charge in [0.2, 0.25) is 5.91 Å². The fourth-order valence-corrected chi connectivity index (χ4v) is 1.82. The van der Waals surface area contributed by atoms with Crippen molar-refractivity contribution in [3.63, 3.8) is 0 Å². The van der Waals surface area contributed by atoms with Gasteiger partial charge in [0.15, 0.2) is 0 Å². The lowest BCUT2D eigenvalue weighted by Crippen LogP contribution is -2.48. The molecule has 0 bridgehead atoms. The second-order valence-electron chi connectivity index (χ2n) is 4.25. The van der Waals surface area contributed by atoms with Crippen LogP contribution < -0.4 is 10.6 Å². The lowest BCUT2D eigenvalue weighted by atomic mass is 9.94.